The summed E-state index contributed by atoms with van der Waals surface area (Å²) in [6, 6.07) is -0.752. The van der Waals surface area contributed by atoms with Crippen molar-refractivity contribution in [1.82, 2.24) is 5.32 Å². The van der Waals surface area contributed by atoms with Crippen LogP contribution in [0.3, 0.4) is 0 Å². The van der Waals surface area contributed by atoms with Crippen molar-refractivity contribution in [2.24, 2.45) is 56.7 Å². The van der Waals surface area contributed by atoms with E-state index < -0.39 is 293 Å². The van der Waals surface area contributed by atoms with Gasteiger partial charge in [-0.25, -0.2) is 4.79 Å². The Morgan fingerprint density at radius 2 is 0.700 bits per heavy atom. The number of rotatable bonds is 34. The largest absolute Gasteiger partial charge is 0.463 e. The Kier molecular flexibility index (Phi) is 35.8. The Balaban J connectivity index is 1.02. The molecular formula is C96H135NO43. The number of nitrogens with one attached hydrogen (secondary N) is 1. The fourth-order valence-corrected chi connectivity index (χ4v) is 23.7. The summed E-state index contributed by atoms with van der Waals surface area (Å²) in [4.78, 5) is 228. The van der Waals surface area contributed by atoms with Gasteiger partial charge in [0.05, 0.1) is 18.8 Å². The second kappa shape index (κ2) is 45.3. The number of amides is 1. The van der Waals surface area contributed by atoms with E-state index in [2.05, 4.69) is 46.0 Å². The number of allylic oxidation sites excluding steroid dienone is 3. The molecule has 5 saturated carbocycles. The first-order valence-corrected chi connectivity index (χ1v) is 47.4. The molecule has 5 aliphatic carbocycles. The smallest absolute Gasteiger partial charge is 0.329 e. The lowest BCUT2D eigenvalue weighted by Gasteiger charge is -2.63. The van der Waals surface area contributed by atoms with Crippen molar-refractivity contribution in [3.63, 3.8) is 0 Å². The Morgan fingerprint density at radius 1 is 0.357 bits per heavy atom. The Bertz CT molecular complexity index is 4680. The minimum Gasteiger partial charge on any atom is -0.463 e. The van der Waals surface area contributed by atoms with Gasteiger partial charge in [0.25, 0.3) is 0 Å². The molecule has 1 N–H and O–H groups in total. The molecule has 0 aromatic rings. The number of fused-ring (bicyclic) bond motifs is 2. The SMILES string of the molecule is CC(=O)OC[C@H]1O[C@@H](O[C@H]2[C@H](OC[C@H]3O[C@@H](O[C@H]4[C@H](O[C@H]5CC[C@]67C[C@]68CC[C@]6(C)[C@@H]([C@H](C)/C=C/C=C(\C)C(=O)N[C@@H]9C(=O)O[C@H](C)[C@H]9C)CC[C@@]6(C)[C@@H]8CC[C@H]7C5(C)C)O[C@H](COC(C)=O)[C@@H](OC(C)=O)[C@@H]4OC(C)=O)[C@H](O[C@@H]4O[C@@H](C)[C@H](OC(C)=O)[C@@H](OC(C)=O)[C@H]4OC(C)=O)[C@@H](OC(C)=O)[C@@H]3OC(C)=O)O[C@H](COC(C)=O)[C@@H](OC(C)=O)[C@@H]2OC(C)=O)[C@H](OC(C)=O)[C@@H](OC(C)=O)[C@@H]1OC(C)=O. The highest BCUT2D eigenvalue weighted by Crippen LogP contribution is 2.89. The van der Waals surface area contributed by atoms with E-state index in [0.29, 0.717) is 30.3 Å². The highest BCUT2D eigenvalue weighted by molar-refractivity contribution is 5.96. The summed E-state index contributed by atoms with van der Waals surface area (Å²) in [7, 11) is 0. The molecule has 1 amide bonds. The maximum atomic E-state index is 14.4. The predicted molar refractivity (Wildman–Crippen MR) is 467 cm³/mol. The van der Waals surface area contributed by atoms with Crippen molar-refractivity contribution in [3.05, 3.63) is 23.8 Å². The van der Waals surface area contributed by atoms with Gasteiger partial charge in [0.2, 0.25) is 5.91 Å². The van der Waals surface area contributed by atoms with Crippen LogP contribution in [0.2, 0.25) is 0 Å². The summed E-state index contributed by atoms with van der Waals surface area (Å²) in [5.74, 6) is -16.0. The summed E-state index contributed by atoms with van der Waals surface area (Å²) in [5.41, 5.74) is -0.823. The zero-order chi connectivity index (χ0) is 103. The van der Waals surface area contributed by atoms with Crippen LogP contribution in [0, 0.1) is 56.7 Å². The van der Waals surface area contributed by atoms with E-state index in [0.717, 1.165) is 149 Å². The fraction of sp³-hybridized carbons (Fsp3) is 0.781. The normalized spacial score (nSPS) is 39.1. The van der Waals surface area contributed by atoms with Gasteiger partial charge >= 0.3 is 95.5 Å². The van der Waals surface area contributed by atoms with E-state index in [1.54, 1.807) is 19.9 Å². The molecule has 0 aromatic carbocycles. The van der Waals surface area contributed by atoms with Crippen LogP contribution in [0.15, 0.2) is 23.8 Å². The minimum atomic E-state index is -2.40. The van der Waals surface area contributed by atoms with Crippen molar-refractivity contribution >= 4 is 101 Å². The van der Waals surface area contributed by atoms with Crippen LogP contribution in [-0.4, -0.2) is 300 Å². The van der Waals surface area contributed by atoms with Crippen molar-refractivity contribution in [2.75, 3.05) is 26.4 Å². The van der Waals surface area contributed by atoms with E-state index in [1.807, 2.05) is 13.0 Å². The number of carbonyl (C=O) groups is 17. The fourth-order valence-electron chi connectivity index (χ4n) is 23.7. The van der Waals surface area contributed by atoms with Crippen LogP contribution in [0.5, 0.6) is 0 Å². The number of ether oxygens (including phenoxy) is 26. The molecule has 6 heterocycles. The lowest BCUT2D eigenvalue weighted by atomic mass is 9.42. The van der Waals surface area contributed by atoms with E-state index in [4.69, 9.17) is 123 Å². The molecule has 2 spiro atoms. The summed E-state index contributed by atoms with van der Waals surface area (Å²) < 4.78 is 162. The Morgan fingerprint density at radius 3 is 1.11 bits per heavy atom. The topological polar surface area (TPSA) is 542 Å². The quantitative estimate of drug-likeness (QED) is 0.0265. The molecule has 11 rings (SSSR count). The molecule has 782 valence electrons. The van der Waals surface area contributed by atoms with Gasteiger partial charge in [-0.2, -0.15) is 0 Å². The first kappa shape index (κ1) is 110. The lowest BCUT2D eigenvalue weighted by Crippen LogP contribution is -2.69. The van der Waals surface area contributed by atoms with Crippen molar-refractivity contribution in [3.8, 4) is 0 Å². The molecule has 6 saturated heterocycles. The summed E-state index contributed by atoms with van der Waals surface area (Å²) in [6.07, 6.45) is -37.5. The second-order valence-corrected chi connectivity index (χ2v) is 39.5. The summed E-state index contributed by atoms with van der Waals surface area (Å²) in [6.45, 7) is 29.2. The van der Waals surface area contributed by atoms with Crippen LogP contribution < -0.4 is 5.32 Å². The highest BCUT2D eigenvalue weighted by atomic mass is 16.8. The molecule has 44 nitrogen and oxygen atoms in total. The van der Waals surface area contributed by atoms with Gasteiger partial charge in [-0.3, -0.25) is 76.7 Å². The summed E-state index contributed by atoms with van der Waals surface area (Å²) in [5, 5.41) is 2.85. The molecular weight excluding hydrogens is 1860 g/mol. The van der Waals surface area contributed by atoms with Crippen molar-refractivity contribution in [2.45, 2.75) is 396 Å². The molecule has 37 atom stereocenters. The van der Waals surface area contributed by atoms with Gasteiger partial charge < -0.3 is 128 Å². The van der Waals surface area contributed by atoms with Crippen molar-refractivity contribution in [1.29, 1.82) is 0 Å². The van der Waals surface area contributed by atoms with Gasteiger partial charge in [0, 0.05) is 115 Å². The van der Waals surface area contributed by atoms with E-state index in [1.165, 1.54) is 6.92 Å². The van der Waals surface area contributed by atoms with Gasteiger partial charge in [0.15, 0.2) is 123 Å². The number of esters is 16. The molecule has 0 bridgehead atoms. The Labute approximate surface area is 810 Å². The van der Waals surface area contributed by atoms with E-state index >= 15 is 0 Å². The standard InChI is InChI=1S/C96H135NO43/c1-41(26-25-27-42(2)85(113)97-69-43(3)44(4)119-86(69)114)61-30-32-94(24)67-29-28-66-92(21,22)68(31-33-95(66)40-96(67,95)35-34-93(61,94)23)137-89-83(78(129-57(17)109)73(124-52(12)104)63(134-89)37-116-47(7)99)140-91-84(139-88-81(131-59(19)111)75(126-54(14)106)70(45(5)120-88)121-49(9)101)79(130-58(18)110)74(125-53(13)105)65(136-91)39-118-87-80(76(127-55(15)107)71(122-50(10)102)62(133-87)36-115-46(6)98)138-90-82(132-60(20)112)77(128-56(16)108)72(123-51(11)103)64(135-90)38-117-48(8)100/h25-27,41,43-45,61-84,87-91H,28-40H2,1-24H3,(H,97,113)/b26-25+,42-27+/t41-,43-,44-,45+,61-,62-,63-,64-,65-,66+,67+,68+,69+,70+,71-,72-,73-,74-,75-,76+,77+,78+,79+,80-,81-,82-,83-,84-,87-,88+,89+,90+,91+,93-,94+,95-,96+/m1/s1. The second-order valence-electron chi connectivity index (χ2n) is 39.5. The van der Waals surface area contributed by atoms with Crippen LogP contribution >= 0.6 is 0 Å². The van der Waals surface area contributed by atoms with Gasteiger partial charge in [-0.1, -0.05) is 59.8 Å². The maximum absolute atomic E-state index is 14.4. The zero-order valence-corrected chi connectivity index (χ0v) is 83.5. The van der Waals surface area contributed by atoms with Crippen LogP contribution in [0.25, 0.3) is 0 Å². The first-order valence-electron chi connectivity index (χ1n) is 47.4. The third-order valence-corrected chi connectivity index (χ3v) is 29.6. The average Bonchev–Trinajstić information content (AvgIpc) is 1.46. The molecule has 0 radical (unpaired) electrons. The maximum Gasteiger partial charge on any atom is 0.329 e. The highest BCUT2D eigenvalue weighted by Gasteiger charge is 2.83. The number of carbonyl (C=O) groups excluding carboxylic acids is 17. The molecule has 6 aliphatic heterocycles. The molecule has 11 fully saturated rings. The molecule has 140 heavy (non-hydrogen) atoms. The number of hydrogen-bond donors (Lipinski definition) is 1. The van der Waals surface area contributed by atoms with Gasteiger partial charge in [0.1, 0.15) is 56.4 Å². The monoisotopic (exact) mass is 1990 g/mol. The van der Waals surface area contributed by atoms with Crippen molar-refractivity contribution < 1.29 is 205 Å². The molecule has 44 heteroatoms. The van der Waals surface area contributed by atoms with Gasteiger partial charge in [-0.15, -0.1) is 0 Å². The van der Waals surface area contributed by atoms with Crippen LogP contribution in [-0.2, 0) is 205 Å². The summed E-state index contributed by atoms with van der Waals surface area (Å²) >= 11 is 0. The molecule has 11 aliphatic rings. The molecule has 0 unspecified atom stereocenters. The zero-order valence-electron chi connectivity index (χ0n) is 83.5. The lowest BCUT2D eigenvalue weighted by molar-refractivity contribution is -0.402. The van der Waals surface area contributed by atoms with E-state index in [9.17, 15) is 81.5 Å². The first-order chi connectivity index (χ1) is 65.5. The third-order valence-electron chi connectivity index (χ3n) is 29.6. The average molecular weight is 1990 g/mol. The number of cyclic esters (lactones) is 1. The van der Waals surface area contributed by atoms with Crippen LogP contribution in [0.1, 0.15) is 224 Å². The number of hydrogen-bond acceptors (Lipinski definition) is 43. The predicted octanol–water partition coefficient (Wildman–Crippen LogP) is 5.70. The van der Waals surface area contributed by atoms with Gasteiger partial charge in [-0.05, 0) is 129 Å². The Hall–Kier alpha value is -9.93. The minimum absolute atomic E-state index is 0.0331. The van der Waals surface area contributed by atoms with E-state index in [-0.39, 0.29) is 51.4 Å². The third kappa shape index (κ3) is 24.6. The molecule has 0 aromatic heterocycles. The van der Waals surface area contributed by atoms with Crippen LogP contribution in [0.4, 0.5) is 0 Å².